The Labute approximate surface area is 205 Å². The molecule has 0 amide bonds. The minimum absolute atomic E-state index is 0.156. The van der Waals surface area contributed by atoms with Gasteiger partial charge in [0.25, 0.3) is 0 Å². The molecular weight excluding hydrogens is 400 g/mol. The van der Waals surface area contributed by atoms with Gasteiger partial charge in [-0.3, -0.25) is 4.79 Å². The molecule has 186 valence electrons. The molecular formula is C32H52O. The smallest absolute Gasteiger partial charge is 0.159 e. The van der Waals surface area contributed by atoms with E-state index in [9.17, 15) is 4.79 Å². The highest BCUT2D eigenvalue weighted by Crippen LogP contribution is 2.67. The lowest BCUT2D eigenvalue weighted by atomic mass is 9.46. The van der Waals surface area contributed by atoms with E-state index >= 15 is 0 Å². The first kappa shape index (κ1) is 25.2. The Morgan fingerprint density at radius 1 is 1.06 bits per heavy atom. The summed E-state index contributed by atoms with van der Waals surface area (Å²) in [4.78, 5) is 13.5. The largest absolute Gasteiger partial charge is 0.295 e. The van der Waals surface area contributed by atoms with Crippen molar-refractivity contribution in [2.75, 3.05) is 0 Å². The fraction of sp³-hybridized carbons (Fsp3) is 0.844. The number of rotatable bonds is 4. The third kappa shape index (κ3) is 4.02. The van der Waals surface area contributed by atoms with E-state index in [4.69, 9.17) is 0 Å². The van der Waals surface area contributed by atoms with Gasteiger partial charge in [-0.1, -0.05) is 75.3 Å². The van der Waals surface area contributed by atoms with Crippen LogP contribution in [0.5, 0.6) is 0 Å². The number of carbonyl (C=O) groups excluding carboxylic acids is 1. The Kier molecular flexibility index (Phi) is 6.19. The van der Waals surface area contributed by atoms with Crippen LogP contribution >= 0.6 is 0 Å². The fourth-order valence-electron chi connectivity index (χ4n) is 8.80. The second-order valence-corrected chi connectivity index (χ2v) is 15.2. The quantitative estimate of drug-likeness (QED) is 0.416. The molecule has 0 aromatic heterocycles. The SMILES string of the molecule is C[C@@H]1C[C@H]2C(=O)C=C3C4=CC[C@H](C(C)(C)[C@H](C)CCC(C)(C)C)[C@@]4(C)CCC3[C@@]2(C)C[C@@H]1C. The van der Waals surface area contributed by atoms with Crippen LogP contribution < -0.4 is 0 Å². The van der Waals surface area contributed by atoms with Gasteiger partial charge >= 0.3 is 0 Å². The van der Waals surface area contributed by atoms with Crippen molar-refractivity contribution >= 4 is 5.78 Å². The Morgan fingerprint density at radius 3 is 2.36 bits per heavy atom. The first-order chi connectivity index (χ1) is 15.1. The number of ketones is 1. The number of allylic oxidation sites excluding steroid dienone is 4. The normalized spacial score (nSPS) is 42.1. The Morgan fingerprint density at radius 2 is 1.73 bits per heavy atom. The molecule has 2 fully saturated rings. The minimum atomic E-state index is 0.156. The first-order valence-corrected chi connectivity index (χ1v) is 14.1. The van der Waals surface area contributed by atoms with Crippen molar-refractivity contribution in [3.05, 3.63) is 23.3 Å². The van der Waals surface area contributed by atoms with Gasteiger partial charge in [0.15, 0.2) is 5.78 Å². The lowest BCUT2D eigenvalue weighted by molar-refractivity contribution is -0.130. The van der Waals surface area contributed by atoms with Gasteiger partial charge in [0.05, 0.1) is 0 Å². The van der Waals surface area contributed by atoms with E-state index in [0.29, 0.717) is 40.3 Å². The van der Waals surface area contributed by atoms with Gasteiger partial charge in [0.1, 0.15) is 0 Å². The number of hydrogen-bond donors (Lipinski definition) is 0. The molecule has 0 saturated heterocycles. The van der Waals surface area contributed by atoms with E-state index < -0.39 is 0 Å². The molecule has 1 unspecified atom stereocenters. The molecule has 4 aliphatic carbocycles. The maximum atomic E-state index is 13.5. The Balaban J connectivity index is 1.62. The highest BCUT2D eigenvalue weighted by atomic mass is 16.1. The summed E-state index contributed by atoms with van der Waals surface area (Å²) in [6.45, 7) is 24.5. The monoisotopic (exact) mass is 452 g/mol. The molecule has 0 bridgehead atoms. The minimum Gasteiger partial charge on any atom is -0.295 e. The highest BCUT2D eigenvalue weighted by molar-refractivity contribution is 5.95. The van der Waals surface area contributed by atoms with E-state index in [1.807, 2.05) is 0 Å². The predicted molar refractivity (Wildman–Crippen MR) is 141 cm³/mol. The van der Waals surface area contributed by atoms with E-state index in [1.165, 1.54) is 44.1 Å². The van der Waals surface area contributed by atoms with Crippen LogP contribution in [0.15, 0.2) is 23.3 Å². The second kappa shape index (κ2) is 8.09. The van der Waals surface area contributed by atoms with Crippen molar-refractivity contribution in [3.63, 3.8) is 0 Å². The maximum absolute atomic E-state index is 13.5. The number of fused-ring (bicyclic) bond motifs is 5. The number of hydrogen-bond acceptors (Lipinski definition) is 1. The van der Waals surface area contributed by atoms with Gasteiger partial charge < -0.3 is 0 Å². The standard InChI is InChI=1S/C32H52O/c1-20-17-26-27(33)18-23-24-11-12-28(30(7,8)22(3)13-15-29(4,5)6)31(24,9)16-14-25(23)32(26,10)19-21(20)2/h11,18,20-22,25-26,28H,12-17,19H2,1-10H3/t20-,21+,22-,25?,26+,28-,31+,32-/m1/s1. The van der Waals surface area contributed by atoms with Crippen molar-refractivity contribution in [3.8, 4) is 0 Å². The van der Waals surface area contributed by atoms with Crippen LogP contribution in [0.3, 0.4) is 0 Å². The zero-order chi connectivity index (χ0) is 24.6. The maximum Gasteiger partial charge on any atom is 0.159 e. The van der Waals surface area contributed by atoms with Gasteiger partial charge in [0.2, 0.25) is 0 Å². The van der Waals surface area contributed by atoms with Gasteiger partial charge in [-0.15, -0.1) is 0 Å². The molecule has 0 aliphatic heterocycles. The summed E-state index contributed by atoms with van der Waals surface area (Å²) < 4.78 is 0. The molecule has 0 aromatic carbocycles. The van der Waals surface area contributed by atoms with Gasteiger partial charge in [0, 0.05) is 5.92 Å². The fourth-order valence-corrected chi connectivity index (χ4v) is 8.80. The summed E-state index contributed by atoms with van der Waals surface area (Å²) in [5.74, 6) is 4.02. The van der Waals surface area contributed by atoms with Crippen LogP contribution in [-0.4, -0.2) is 5.78 Å². The summed E-state index contributed by atoms with van der Waals surface area (Å²) >= 11 is 0. The van der Waals surface area contributed by atoms with Crippen LogP contribution in [0, 0.1) is 57.2 Å². The molecule has 0 radical (unpaired) electrons. The van der Waals surface area contributed by atoms with Crippen molar-refractivity contribution in [2.45, 2.75) is 114 Å². The molecule has 1 heteroatoms. The molecule has 0 N–H and O–H groups in total. The molecule has 1 nitrogen and oxygen atoms in total. The van der Waals surface area contributed by atoms with Crippen molar-refractivity contribution in [1.29, 1.82) is 0 Å². The molecule has 0 spiro atoms. The van der Waals surface area contributed by atoms with E-state index in [2.05, 4.69) is 81.4 Å². The van der Waals surface area contributed by atoms with Crippen molar-refractivity contribution in [1.82, 2.24) is 0 Å². The first-order valence-electron chi connectivity index (χ1n) is 14.1. The summed E-state index contributed by atoms with van der Waals surface area (Å²) in [7, 11) is 0. The molecule has 33 heavy (non-hydrogen) atoms. The summed E-state index contributed by atoms with van der Waals surface area (Å²) in [6, 6.07) is 0. The molecule has 4 rings (SSSR count). The molecule has 4 aliphatic rings. The van der Waals surface area contributed by atoms with E-state index in [-0.39, 0.29) is 16.7 Å². The van der Waals surface area contributed by atoms with Gasteiger partial charge in [-0.05, 0) is 113 Å². The highest BCUT2D eigenvalue weighted by Gasteiger charge is 2.59. The number of carbonyl (C=O) groups is 1. The second-order valence-electron chi connectivity index (χ2n) is 15.2. The zero-order valence-electron chi connectivity index (χ0n) is 23.5. The lowest BCUT2D eigenvalue weighted by Crippen LogP contribution is -2.52. The Hall–Kier alpha value is -0.850. The molecule has 2 saturated carbocycles. The summed E-state index contributed by atoms with van der Waals surface area (Å²) in [6.07, 6.45) is 13.4. The van der Waals surface area contributed by atoms with Gasteiger partial charge in [-0.25, -0.2) is 0 Å². The Bertz CT molecular complexity index is 850. The average molecular weight is 453 g/mol. The van der Waals surface area contributed by atoms with E-state index in [0.717, 1.165) is 12.3 Å². The van der Waals surface area contributed by atoms with Crippen LogP contribution in [-0.2, 0) is 4.79 Å². The van der Waals surface area contributed by atoms with E-state index in [1.54, 1.807) is 5.57 Å². The van der Waals surface area contributed by atoms with Crippen molar-refractivity contribution < 1.29 is 4.79 Å². The molecule has 0 heterocycles. The van der Waals surface area contributed by atoms with Crippen LogP contribution in [0.2, 0.25) is 0 Å². The van der Waals surface area contributed by atoms with Gasteiger partial charge in [-0.2, -0.15) is 0 Å². The lowest BCUT2D eigenvalue weighted by Gasteiger charge is -2.58. The third-order valence-electron chi connectivity index (χ3n) is 11.7. The molecule has 0 aromatic rings. The third-order valence-corrected chi connectivity index (χ3v) is 11.7. The van der Waals surface area contributed by atoms with Crippen LogP contribution in [0.1, 0.15) is 114 Å². The predicted octanol–water partition coefficient (Wildman–Crippen LogP) is 9.04. The van der Waals surface area contributed by atoms with Crippen molar-refractivity contribution in [2.24, 2.45) is 57.2 Å². The average Bonchev–Trinajstić information content (AvgIpc) is 3.06. The van der Waals surface area contributed by atoms with Crippen LogP contribution in [0.4, 0.5) is 0 Å². The molecule has 8 atom stereocenters. The summed E-state index contributed by atoms with van der Waals surface area (Å²) in [5.41, 5.74) is 4.10. The zero-order valence-corrected chi connectivity index (χ0v) is 23.5. The topological polar surface area (TPSA) is 17.1 Å². The van der Waals surface area contributed by atoms with Crippen LogP contribution in [0.25, 0.3) is 0 Å². The summed E-state index contributed by atoms with van der Waals surface area (Å²) in [5, 5.41) is 0.